The Morgan fingerprint density at radius 1 is 1.33 bits per heavy atom. The summed E-state index contributed by atoms with van der Waals surface area (Å²) in [5.41, 5.74) is 1.16. The zero-order valence-electron chi connectivity index (χ0n) is 10.9. The molecule has 108 valence electrons. The summed E-state index contributed by atoms with van der Waals surface area (Å²) >= 11 is 4.98. The smallest absolute Gasteiger partial charge is 0.328 e. The zero-order valence-corrected chi connectivity index (χ0v) is 13.3. The van der Waals surface area contributed by atoms with Gasteiger partial charge in [-0.15, -0.1) is 11.3 Å². The van der Waals surface area contributed by atoms with Crippen LogP contribution in [0, 0.1) is 0 Å². The molecule has 0 aliphatic heterocycles. The summed E-state index contributed by atoms with van der Waals surface area (Å²) in [4.78, 5) is 23.6. The predicted molar refractivity (Wildman–Crippen MR) is 86.3 cm³/mol. The molecule has 2 rings (SSSR count). The Balaban J connectivity index is 2.04. The number of carbonyl (C=O) groups excluding carboxylic acids is 1. The normalized spacial score (nSPS) is 10.7. The number of thiophene rings is 1. The molecule has 21 heavy (non-hydrogen) atoms. The van der Waals surface area contributed by atoms with Gasteiger partial charge in [-0.3, -0.25) is 4.79 Å². The zero-order chi connectivity index (χ0) is 15.2. The van der Waals surface area contributed by atoms with Gasteiger partial charge in [0.05, 0.1) is 6.54 Å². The highest BCUT2D eigenvalue weighted by atomic mass is 79.9. The number of carboxylic acids is 1. The first kappa shape index (κ1) is 15.5. The maximum absolute atomic E-state index is 12.1. The number of rotatable bonds is 5. The number of aliphatic carboxylic acids is 1. The van der Waals surface area contributed by atoms with E-state index in [0.29, 0.717) is 17.7 Å². The topological polar surface area (TPSA) is 66.4 Å². The number of amides is 1. The van der Waals surface area contributed by atoms with Gasteiger partial charge in [0.25, 0.3) is 5.91 Å². The van der Waals surface area contributed by atoms with Crippen LogP contribution in [0.2, 0.25) is 0 Å². The lowest BCUT2D eigenvalue weighted by Crippen LogP contribution is -2.22. The fourth-order valence-corrected chi connectivity index (χ4v) is 3.10. The fourth-order valence-electron chi connectivity index (χ4n) is 1.66. The number of benzene rings is 1. The first-order valence-electron chi connectivity index (χ1n) is 6.07. The molecule has 1 aromatic heterocycles. The molecule has 1 amide bonds. The Labute approximate surface area is 134 Å². The summed E-state index contributed by atoms with van der Waals surface area (Å²) in [6.07, 6.45) is 2.49. The van der Waals surface area contributed by atoms with Crippen molar-refractivity contribution in [3.63, 3.8) is 0 Å². The summed E-state index contributed by atoms with van der Waals surface area (Å²) in [7, 11) is 0. The second-order valence-corrected chi connectivity index (χ2v) is 6.03. The van der Waals surface area contributed by atoms with E-state index in [1.165, 1.54) is 6.08 Å². The van der Waals surface area contributed by atoms with Crippen LogP contribution < -0.4 is 5.32 Å². The Morgan fingerprint density at radius 2 is 2.14 bits per heavy atom. The number of carbonyl (C=O) groups is 2. The third-order valence-corrected chi connectivity index (χ3v) is 4.59. The minimum atomic E-state index is -1.02. The molecule has 1 aromatic carbocycles. The van der Waals surface area contributed by atoms with Gasteiger partial charge < -0.3 is 10.4 Å². The van der Waals surface area contributed by atoms with Crippen LogP contribution in [0.1, 0.15) is 20.8 Å². The van der Waals surface area contributed by atoms with Gasteiger partial charge in [-0.25, -0.2) is 4.79 Å². The molecule has 0 aliphatic rings. The standard InChI is InChI=1S/C15H12BrNO3S/c16-12-6-7-21-13(12)9-17-15(20)11-3-1-2-10(8-11)4-5-14(18)19/h1-8H,9H2,(H,17,20)(H,18,19)/b5-4+. The molecule has 4 nitrogen and oxygen atoms in total. The van der Waals surface area contributed by atoms with Gasteiger partial charge in [-0.1, -0.05) is 12.1 Å². The molecule has 0 radical (unpaired) electrons. The average molecular weight is 366 g/mol. The molecule has 2 N–H and O–H groups in total. The quantitative estimate of drug-likeness (QED) is 0.796. The van der Waals surface area contributed by atoms with Crippen molar-refractivity contribution < 1.29 is 14.7 Å². The number of halogens is 1. The van der Waals surface area contributed by atoms with Crippen molar-refractivity contribution in [3.05, 3.63) is 62.3 Å². The lowest BCUT2D eigenvalue weighted by atomic mass is 10.1. The molecule has 0 saturated carbocycles. The van der Waals surface area contributed by atoms with E-state index < -0.39 is 5.97 Å². The highest BCUT2D eigenvalue weighted by Crippen LogP contribution is 2.22. The molecule has 0 bridgehead atoms. The molecule has 0 saturated heterocycles. The molecule has 1 heterocycles. The van der Waals surface area contributed by atoms with E-state index in [-0.39, 0.29) is 5.91 Å². The van der Waals surface area contributed by atoms with Crippen LogP contribution in [-0.4, -0.2) is 17.0 Å². The van der Waals surface area contributed by atoms with E-state index in [9.17, 15) is 9.59 Å². The lowest BCUT2D eigenvalue weighted by Gasteiger charge is -2.05. The Bertz CT molecular complexity index is 694. The van der Waals surface area contributed by atoms with E-state index >= 15 is 0 Å². The summed E-state index contributed by atoms with van der Waals surface area (Å²) in [6, 6.07) is 8.74. The fraction of sp³-hybridized carbons (Fsp3) is 0.0667. The van der Waals surface area contributed by atoms with E-state index in [4.69, 9.17) is 5.11 Å². The Hall–Kier alpha value is -1.92. The molecule has 0 aliphatic carbocycles. The predicted octanol–water partition coefficient (Wildman–Crippen LogP) is 3.54. The largest absolute Gasteiger partial charge is 0.478 e. The number of hydrogen-bond acceptors (Lipinski definition) is 3. The van der Waals surface area contributed by atoms with Crippen LogP contribution in [0.3, 0.4) is 0 Å². The Kier molecular flexibility index (Phi) is 5.30. The second kappa shape index (κ2) is 7.19. The third-order valence-electron chi connectivity index (χ3n) is 2.67. The van der Waals surface area contributed by atoms with Crippen LogP contribution >= 0.6 is 27.3 Å². The van der Waals surface area contributed by atoms with Crippen molar-refractivity contribution in [2.75, 3.05) is 0 Å². The van der Waals surface area contributed by atoms with E-state index in [1.54, 1.807) is 35.6 Å². The van der Waals surface area contributed by atoms with E-state index in [2.05, 4.69) is 21.2 Å². The summed E-state index contributed by atoms with van der Waals surface area (Å²) in [5, 5.41) is 13.4. The van der Waals surface area contributed by atoms with Crippen molar-refractivity contribution in [2.45, 2.75) is 6.54 Å². The highest BCUT2D eigenvalue weighted by molar-refractivity contribution is 9.10. The van der Waals surface area contributed by atoms with Gasteiger partial charge in [0, 0.05) is 21.0 Å². The SMILES string of the molecule is O=C(O)/C=C/c1cccc(C(=O)NCc2sccc2Br)c1. The monoisotopic (exact) mass is 365 g/mol. The van der Waals surface area contributed by atoms with Crippen molar-refractivity contribution >= 4 is 45.2 Å². The third kappa shape index (κ3) is 4.54. The number of nitrogens with one attached hydrogen (secondary N) is 1. The van der Waals surface area contributed by atoms with Crippen molar-refractivity contribution in [1.82, 2.24) is 5.32 Å². The average Bonchev–Trinajstić information content (AvgIpc) is 2.88. The molecule has 0 atom stereocenters. The van der Waals surface area contributed by atoms with Crippen molar-refractivity contribution in [2.24, 2.45) is 0 Å². The molecular weight excluding hydrogens is 354 g/mol. The molecule has 0 fully saturated rings. The van der Waals surface area contributed by atoms with Crippen LogP contribution in [0.25, 0.3) is 6.08 Å². The number of carboxylic acid groups (broad SMARTS) is 1. The lowest BCUT2D eigenvalue weighted by molar-refractivity contribution is -0.131. The molecule has 2 aromatic rings. The Morgan fingerprint density at radius 3 is 2.81 bits per heavy atom. The minimum absolute atomic E-state index is 0.194. The van der Waals surface area contributed by atoms with Gasteiger partial charge in [0.2, 0.25) is 0 Å². The van der Waals surface area contributed by atoms with E-state index in [0.717, 1.165) is 15.4 Å². The van der Waals surface area contributed by atoms with Crippen LogP contribution in [0.5, 0.6) is 0 Å². The second-order valence-electron chi connectivity index (χ2n) is 4.17. The van der Waals surface area contributed by atoms with Crippen LogP contribution in [-0.2, 0) is 11.3 Å². The van der Waals surface area contributed by atoms with Crippen molar-refractivity contribution in [3.8, 4) is 0 Å². The van der Waals surface area contributed by atoms with Gasteiger partial charge in [-0.05, 0) is 51.1 Å². The number of hydrogen-bond donors (Lipinski definition) is 2. The highest BCUT2D eigenvalue weighted by Gasteiger charge is 2.07. The van der Waals surface area contributed by atoms with E-state index in [1.807, 2.05) is 11.4 Å². The molecule has 6 heteroatoms. The summed E-state index contributed by atoms with van der Waals surface area (Å²) < 4.78 is 0.978. The molecule has 0 spiro atoms. The minimum Gasteiger partial charge on any atom is -0.478 e. The summed E-state index contributed by atoms with van der Waals surface area (Å²) in [5.74, 6) is -1.21. The first-order chi connectivity index (χ1) is 10.1. The maximum Gasteiger partial charge on any atom is 0.328 e. The first-order valence-corrected chi connectivity index (χ1v) is 7.74. The van der Waals surface area contributed by atoms with Gasteiger partial charge in [0.1, 0.15) is 0 Å². The van der Waals surface area contributed by atoms with Gasteiger partial charge in [0.15, 0.2) is 0 Å². The van der Waals surface area contributed by atoms with Crippen molar-refractivity contribution in [1.29, 1.82) is 0 Å². The summed E-state index contributed by atoms with van der Waals surface area (Å²) in [6.45, 7) is 0.451. The molecular formula is C15H12BrNO3S. The van der Waals surface area contributed by atoms with Gasteiger partial charge >= 0.3 is 5.97 Å². The van der Waals surface area contributed by atoms with Crippen LogP contribution in [0.15, 0.2) is 46.3 Å². The van der Waals surface area contributed by atoms with Gasteiger partial charge in [-0.2, -0.15) is 0 Å². The van der Waals surface area contributed by atoms with Crippen LogP contribution in [0.4, 0.5) is 0 Å². The maximum atomic E-state index is 12.1. The molecule has 0 unspecified atom stereocenters.